The van der Waals surface area contributed by atoms with Crippen LogP contribution in [0.1, 0.15) is 31.1 Å². The number of hydrogen-bond acceptors (Lipinski definition) is 2. The minimum absolute atomic E-state index is 0.0428. The van der Waals surface area contributed by atoms with Gasteiger partial charge in [0.25, 0.3) is 0 Å². The van der Waals surface area contributed by atoms with E-state index in [9.17, 15) is 4.79 Å². The first-order valence-corrected chi connectivity index (χ1v) is 5.14. The highest BCUT2D eigenvalue weighted by Crippen LogP contribution is 2.02. The molecular weight excluding hydrogens is 186 g/mol. The highest BCUT2D eigenvalue weighted by Gasteiger charge is 2.02. The number of hydrogen-bond donors (Lipinski definition) is 1. The second kappa shape index (κ2) is 5.35. The van der Waals surface area contributed by atoms with Crippen molar-refractivity contribution in [2.24, 2.45) is 0 Å². The summed E-state index contributed by atoms with van der Waals surface area (Å²) in [6.07, 6.45) is 1.63. The van der Waals surface area contributed by atoms with E-state index in [1.807, 2.05) is 51.1 Å². The topological polar surface area (TPSA) is 29.1 Å². The largest absolute Gasteiger partial charge is 0.386 e. The molecule has 0 saturated carbocycles. The van der Waals surface area contributed by atoms with Gasteiger partial charge in [0, 0.05) is 23.4 Å². The van der Waals surface area contributed by atoms with Crippen LogP contribution in [0.4, 0.5) is 0 Å². The van der Waals surface area contributed by atoms with Crippen LogP contribution in [-0.4, -0.2) is 11.8 Å². The average Bonchev–Trinajstić information content (AvgIpc) is 2.17. The summed E-state index contributed by atoms with van der Waals surface area (Å²) in [5.74, 6) is 0.0428. The third kappa shape index (κ3) is 3.98. The summed E-state index contributed by atoms with van der Waals surface area (Å²) in [6.45, 7) is 6.00. The molecule has 0 atom stereocenters. The van der Waals surface area contributed by atoms with E-state index in [2.05, 4.69) is 5.32 Å². The zero-order valence-corrected chi connectivity index (χ0v) is 9.45. The molecule has 0 saturated heterocycles. The third-order valence-electron chi connectivity index (χ3n) is 1.92. The first-order chi connectivity index (χ1) is 7.09. The van der Waals surface area contributed by atoms with Crippen molar-refractivity contribution in [2.75, 3.05) is 0 Å². The van der Waals surface area contributed by atoms with Gasteiger partial charge < -0.3 is 5.32 Å². The molecule has 1 N–H and O–H groups in total. The number of carbonyl (C=O) groups is 1. The van der Waals surface area contributed by atoms with Crippen LogP contribution in [0.2, 0.25) is 0 Å². The predicted molar refractivity (Wildman–Crippen MR) is 62.8 cm³/mol. The van der Waals surface area contributed by atoms with Crippen LogP contribution >= 0.6 is 0 Å². The summed E-state index contributed by atoms with van der Waals surface area (Å²) in [7, 11) is 0. The van der Waals surface area contributed by atoms with Gasteiger partial charge in [-0.1, -0.05) is 30.3 Å². The third-order valence-corrected chi connectivity index (χ3v) is 1.92. The molecule has 0 aromatic heterocycles. The molecular formula is C13H17NO. The van der Waals surface area contributed by atoms with Gasteiger partial charge in [-0.05, 0) is 20.8 Å². The average molecular weight is 203 g/mol. The minimum atomic E-state index is 0.0428. The molecule has 2 nitrogen and oxygen atoms in total. The Labute approximate surface area is 91.0 Å². The molecule has 0 bridgehead atoms. The lowest BCUT2D eigenvalue weighted by Crippen LogP contribution is -2.21. The van der Waals surface area contributed by atoms with Crippen LogP contribution < -0.4 is 5.32 Å². The summed E-state index contributed by atoms with van der Waals surface area (Å²) in [5.41, 5.74) is 1.63. The Morgan fingerprint density at radius 3 is 2.40 bits per heavy atom. The van der Waals surface area contributed by atoms with Crippen molar-refractivity contribution in [2.45, 2.75) is 26.8 Å². The van der Waals surface area contributed by atoms with Crippen molar-refractivity contribution in [1.29, 1.82) is 0 Å². The summed E-state index contributed by atoms with van der Waals surface area (Å²) >= 11 is 0. The Balaban J connectivity index is 2.71. The van der Waals surface area contributed by atoms with E-state index in [1.165, 1.54) is 0 Å². The number of ketones is 1. The number of benzene rings is 1. The van der Waals surface area contributed by atoms with Crippen molar-refractivity contribution in [3.05, 3.63) is 47.7 Å². The van der Waals surface area contributed by atoms with Crippen molar-refractivity contribution in [1.82, 2.24) is 5.32 Å². The second-order valence-corrected chi connectivity index (χ2v) is 3.86. The van der Waals surface area contributed by atoms with E-state index in [4.69, 9.17) is 0 Å². The van der Waals surface area contributed by atoms with Crippen LogP contribution in [0.15, 0.2) is 42.1 Å². The van der Waals surface area contributed by atoms with Crippen LogP contribution in [0.25, 0.3) is 0 Å². The van der Waals surface area contributed by atoms with Crippen LogP contribution in [-0.2, 0) is 0 Å². The van der Waals surface area contributed by atoms with E-state index in [0.717, 1.165) is 11.3 Å². The van der Waals surface area contributed by atoms with E-state index in [0.29, 0.717) is 6.04 Å². The van der Waals surface area contributed by atoms with E-state index in [1.54, 1.807) is 6.08 Å². The van der Waals surface area contributed by atoms with Gasteiger partial charge in [0.15, 0.2) is 5.78 Å². The Bertz CT molecular complexity index is 352. The lowest BCUT2D eigenvalue weighted by atomic mass is 10.1. The molecule has 1 aromatic rings. The normalized spacial score (nSPS) is 11.6. The van der Waals surface area contributed by atoms with E-state index >= 15 is 0 Å². The maximum Gasteiger partial charge on any atom is 0.187 e. The van der Waals surface area contributed by atoms with E-state index in [-0.39, 0.29) is 5.78 Å². The maximum absolute atomic E-state index is 11.7. The molecule has 0 aliphatic heterocycles. The predicted octanol–water partition coefficient (Wildman–Crippen LogP) is 2.77. The summed E-state index contributed by atoms with van der Waals surface area (Å²) < 4.78 is 0. The molecule has 0 spiro atoms. The molecule has 0 fully saturated rings. The van der Waals surface area contributed by atoms with Gasteiger partial charge in [-0.15, -0.1) is 0 Å². The summed E-state index contributed by atoms with van der Waals surface area (Å²) in [6, 6.07) is 9.63. The first kappa shape index (κ1) is 11.5. The molecule has 0 radical (unpaired) electrons. The molecule has 15 heavy (non-hydrogen) atoms. The van der Waals surface area contributed by atoms with Crippen LogP contribution in [0.3, 0.4) is 0 Å². The molecule has 0 amide bonds. The zero-order chi connectivity index (χ0) is 11.3. The van der Waals surface area contributed by atoms with Crippen molar-refractivity contribution < 1.29 is 4.79 Å². The molecule has 0 aliphatic rings. The highest BCUT2D eigenvalue weighted by molar-refractivity contribution is 6.04. The minimum Gasteiger partial charge on any atom is -0.386 e. The van der Waals surface area contributed by atoms with Gasteiger partial charge in [-0.3, -0.25) is 4.79 Å². The number of carbonyl (C=O) groups excluding carboxylic acids is 1. The fourth-order valence-electron chi connectivity index (χ4n) is 1.38. The number of nitrogens with one attached hydrogen (secondary N) is 1. The summed E-state index contributed by atoms with van der Waals surface area (Å²) in [5, 5.41) is 3.18. The van der Waals surface area contributed by atoms with Gasteiger partial charge >= 0.3 is 0 Å². The van der Waals surface area contributed by atoms with Gasteiger partial charge in [0.05, 0.1) is 0 Å². The van der Waals surface area contributed by atoms with Crippen molar-refractivity contribution in [3.8, 4) is 0 Å². The van der Waals surface area contributed by atoms with Crippen molar-refractivity contribution >= 4 is 5.78 Å². The Morgan fingerprint density at radius 1 is 1.27 bits per heavy atom. The number of allylic oxidation sites excluding steroid dienone is 2. The first-order valence-electron chi connectivity index (χ1n) is 5.14. The molecule has 0 unspecified atom stereocenters. The van der Waals surface area contributed by atoms with Crippen LogP contribution in [0.5, 0.6) is 0 Å². The standard InChI is InChI=1S/C13H17NO/c1-10(2)14-11(3)9-13(15)12-7-5-4-6-8-12/h4-10,14H,1-3H3/b11-9+. The Hall–Kier alpha value is -1.57. The molecule has 1 rings (SSSR count). The second-order valence-electron chi connectivity index (χ2n) is 3.86. The molecule has 1 aromatic carbocycles. The fourth-order valence-corrected chi connectivity index (χ4v) is 1.38. The lowest BCUT2D eigenvalue weighted by Gasteiger charge is -2.09. The zero-order valence-electron chi connectivity index (χ0n) is 9.45. The fraction of sp³-hybridized carbons (Fsp3) is 0.308. The van der Waals surface area contributed by atoms with Crippen LogP contribution in [0, 0.1) is 0 Å². The smallest absolute Gasteiger partial charge is 0.187 e. The lowest BCUT2D eigenvalue weighted by molar-refractivity contribution is 0.104. The Kier molecular flexibility index (Phi) is 4.10. The SMILES string of the molecule is C/C(=C\C(=O)c1ccccc1)NC(C)C. The summed E-state index contributed by atoms with van der Waals surface area (Å²) in [4.78, 5) is 11.7. The highest BCUT2D eigenvalue weighted by atomic mass is 16.1. The molecule has 80 valence electrons. The maximum atomic E-state index is 11.7. The van der Waals surface area contributed by atoms with Gasteiger partial charge in [-0.2, -0.15) is 0 Å². The van der Waals surface area contributed by atoms with Gasteiger partial charge in [0.1, 0.15) is 0 Å². The Morgan fingerprint density at radius 2 is 1.87 bits per heavy atom. The van der Waals surface area contributed by atoms with Crippen molar-refractivity contribution in [3.63, 3.8) is 0 Å². The molecule has 0 aliphatic carbocycles. The number of rotatable bonds is 4. The van der Waals surface area contributed by atoms with E-state index < -0.39 is 0 Å². The monoisotopic (exact) mass is 203 g/mol. The molecule has 0 heterocycles. The molecule has 2 heteroatoms. The van der Waals surface area contributed by atoms with Gasteiger partial charge in [0.2, 0.25) is 0 Å². The quantitative estimate of drug-likeness (QED) is 0.602. The van der Waals surface area contributed by atoms with Gasteiger partial charge in [-0.25, -0.2) is 0 Å².